The summed E-state index contributed by atoms with van der Waals surface area (Å²) in [7, 11) is -3.54. The van der Waals surface area contributed by atoms with E-state index in [0.717, 1.165) is 24.5 Å². The van der Waals surface area contributed by atoms with E-state index in [9.17, 15) is 26.4 Å². The number of nitrogens with zero attached hydrogens (tertiary/aromatic N) is 2. The highest BCUT2D eigenvalue weighted by molar-refractivity contribution is 7.90. The van der Waals surface area contributed by atoms with Crippen LogP contribution in [-0.4, -0.2) is 41.7 Å². The van der Waals surface area contributed by atoms with Crippen molar-refractivity contribution in [3.05, 3.63) is 66.1 Å². The zero-order chi connectivity index (χ0) is 24.4. The highest BCUT2D eigenvalue weighted by Crippen LogP contribution is 2.36. The summed E-state index contributed by atoms with van der Waals surface area (Å²) in [6.07, 6.45) is -2.99. The first-order chi connectivity index (χ1) is 15.4. The van der Waals surface area contributed by atoms with Crippen LogP contribution in [0.1, 0.15) is 11.5 Å². The molecule has 1 aromatic heterocycles. The number of aromatic nitrogens is 2. The van der Waals surface area contributed by atoms with Crippen molar-refractivity contribution >= 4 is 32.9 Å². The summed E-state index contributed by atoms with van der Waals surface area (Å²) in [5, 5.41) is 26.4. The molecule has 1 heterocycles. The Hall–Kier alpha value is -4.00. The number of carboxylic acids is 1. The predicted molar refractivity (Wildman–Crippen MR) is 111 cm³/mol. The summed E-state index contributed by atoms with van der Waals surface area (Å²) >= 11 is 0. The molecular formula is C20H15F3N4O5S. The first kappa shape index (κ1) is 23.7. The molecule has 3 aromatic rings. The minimum Gasteiger partial charge on any atom is -0.477 e. The SMILES string of the molecule is CS(=O)(=O)c1cccc(-c2nnc(/C(=C/C(=N)C(=O)O)Nc3ccccc3C(F)(F)F)o2)c1. The molecule has 0 saturated carbocycles. The third-order valence-corrected chi connectivity index (χ3v) is 5.30. The number of halogens is 3. The van der Waals surface area contributed by atoms with Crippen LogP contribution in [0.5, 0.6) is 0 Å². The lowest BCUT2D eigenvalue weighted by Crippen LogP contribution is -2.13. The number of nitrogens with one attached hydrogen (secondary N) is 2. The number of carbonyl (C=O) groups is 1. The molecule has 9 nitrogen and oxygen atoms in total. The van der Waals surface area contributed by atoms with Gasteiger partial charge in [-0.05, 0) is 36.4 Å². The predicted octanol–water partition coefficient (Wildman–Crippen LogP) is 3.72. The summed E-state index contributed by atoms with van der Waals surface area (Å²) < 4.78 is 69.1. The Morgan fingerprint density at radius 1 is 1.15 bits per heavy atom. The molecule has 0 aliphatic heterocycles. The largest absolute Gasteiger partial charge is 0.477 e. The Morgan fingerprint density at radius 2 is 1.85 bits per heavy atom. The number of sulfone groups is 1. The van der Waals surface area contributed by atoms with E-state index < -0.39 is 44.8 Å². The molecule has 0 amide bonds. The Bertz CT molecular complexity index is 1360. The summed E-state index contributed by atoms with van der Waals surface area (Å²) in [4.78, 5) is 11.1. The zero-order valence-electron chi connectivity index (χ0n) is 16.7. The highest BCUT2D eigenvalue weighted by atomic mass is 32.2. The maximum absolute atomic E-state index is 13.4. The zero-order valence-corrected chi connectivity index (χ0v) is 17.5. The van der Waals surface area contributed by atoms with Gasteiger partial charge in [-0.2, -0.15) is 13.2 Å². The van der Waals surface area contributed by atoms with Gasteiger partial charge in [0, 0.05) is 11.8 Å². The number of rotatable bonds is 7. The fraction of sp³-hybridized carbons (Fsp3) is 0.100. The monoisotopic (exact) mass is 480 g/mol. The Kier molecular flexibility index (Phi) is 6.35. The number of hydrogen-bond acceptors (Lipinski definition) is 8. The summed E-state index contributed by atoms with van der Waals surface area (Å²) in [6, 6.07) is 9.95. The maximum atomic E-state index is 13.4. The number of aliphatic carboxylic acids is 1. The van der Waals surface area contributed by atoms with Crippen molar-refractivity contribution in [1.82, 2.24) is 10.2 Å². The van der Waals surface area contributed by atoms with Crippen LogP contribution in [-0.2, 0) is 20.8 Å². The second-order valence-corrected chi connectivity index (χ2v) is 8.67. The Morgan fingerprint density at radius 3 is 2.48 bits per heavy atom. The summed E-state index contributed by atoms with van der Waals surface area (Å²) in [5.41, 5.74) is -2.61. The molecule has 0 aliphatic carbocycles. The fourth-order valence-corrected chi connectivity index (χ4v) is 3.32. The van der Waals surface area contributed by atoms with Gasteiger partial charge in [0.2, 0.25) is 5.89 Å². The molecular weight excluding hydrogens is 465 g/mol. The van der Waals surface area contributed by atoms with Crippen molar-refractivity contribution in [2.75, 3.05) is 11.6 Å². The maximum Gasteiger partial charge on any atom is 0.418 e. The average molecular weight is 480 g/mol. The van der Waals surface area contributed by atoms with Crippen LogP contribution in [0.15, 0.2) is 63.9 Å². The van der Waals surface area contributed by atoms with E-state index in [4.69, 9.17) is 14.9 Å². The average Bonchev–Trinajstić information content (AvgIpc) is 3.22. The number of para-hydroxylation sites is 1. The number of anilines is 1. The quantitative estimate of drug-likeness (QED) is 0.434. The first-order valence-electron chi connectivity index (χ1n) is 8.97. The Balaban J connectivity index is 2.06. The molecule has 0 fully saturated rings. The number of hydrogen-bond donors (Lipinski definition) is 3. The molecule has 13 heteroatoms. The Labute approximate surface area is 185 Å². The van der Waals surface area contributed by atoms with Crippen LogP contribution in [0.4, 0.5) is 18.9 Å². The van der Waals surface area contributed by atoms with Crippen molar-refractivity contribution in [3.63, 3.8) is 0 Å². The first-order valence-corrected chi connectivity index (χ1v) is 10.9. The van der Waals surface area contributed by atoms with Crippen molar-refractivity contribution < 1.29 is 35.9 Å². The fourth-order valence-electron chi connectivity index (χ4n) is 2.65. The van der Waals surface area contributed by atoms with Gasteiger partial charge in [0.05, 0.1) is 16.1 Å². The van der Waals surface area contributed by atoms with Gasteiger partial charge in [-0.1, -0.05) is 18.2 Å². The van der Waals surface area contributed by atoms with Crippen molar-refractivity contribution in [2.45, 2.75) is 11.1 Å². The smallest absolute Gasteiger partial charge is 0.418 e. The highest BCUT2D eigenvalue weighted by Gasteiger charge is 2.33. The van der Waals surface area contributed by atoms with Gasteiger partial charge in [0.1, 0.15) is 11.4 Å². The van der Waals surface area contributed by atoms with Crippen LogP contribution in [0.3, 0.4) is 0 Å². The summed E-state index contributed by atoms with van der Waals surface area (Å²) in [5.74, 6) is -2.23. The second kappa shape index (κ2) is 8.86. The lowest BCUT2D eigenvalue weighted by Gasteiger charge is -2.15. The van der Waals surface area contributed by atoms with Gasteiger partial charge in [0.15, 0.2) is 9.84 Å². The van der Waals surface area contributed by atoms with E-state index in [1.807, 2.05) is 0 Å². The van der Waals surface area contributed by atoms with Gasteiger partial charge < -0.3 is 14.8 Å². The number of carboxylic acid groups (broad SMARTS) is 1. The lowest BCUT2D eigenvalue weighted by atomic mass is 10.1. The van der Waals surface area contributed by atoms with Crippen LogP contribution in [0, 0.1) is 5.41 Å². The molecule has 0 saturated heterocycles. The van der Waals surface area contributed by atoms with Gasteiger partial charge in [-0.15, -0.1) is 10.2 Å². The van der Waals surface area contributed by atoms with Crippen molar-refractivity contribution in [2.24, 2.45) is 0 Å². The minimum atomic E-state index is -4.72. The topological polar surface area (TPSA) is 146 Å². The molecule has 172 valence electrons. The van der Waals surface area contributed by atoms with Gasteiger partial charge in [0.25, 0.3) is 5.89 Å². The van der Waals surface area contributed by atoms with Crippen molar-refractivity contribution in [3.8, 4) is 11.5 Å². The van der Waals surface area contributed by atoms with E-state index in [2.05, 4.69) is 15.5 Å². The van der Waals surface area contributed by atoms with Crippen LogP contribution >= 0.6 is 0 Å². The molecule has 0 aliphatic rings. The lowest BCUT2D eigenvalue weighted by molar-refractivity contribution is -0.137. The van der Waals surface area contributed by atoms with E-state index in [0.29, 0.717) is 0 Å². The van der Waals surface area contributed by atoms with E-state index in [-0.39, 0.29) is 22.0 Å². The third-order valence-electron chi connectivity index (χ3n) is 4.19. The van der Waals surface area contributed by atoms with Crippen LogP contribution in [0.2, 0.25) is 0 Å². The van der Waals surface area contributed by atoms with Crippen molar-refractivity contribution in [1.29, 1.82) is 5.41 Å². The normalized spacial score (nSPS) is 12.4. The minimum absolute atomic E-state index is 0.0274. The summed E-state index contributed by atoms with van der Waals surface area (Å²) in [6.45, 7) is 0. The van der Waals surface area contributed by atoms with Crippen LogP contribution < -0.4 is 5.32 Å². The second-order valence-electron chi connectivity index (χ2n) is 6.66. The van der Waals surface area contributed by atoms with Gasteiger partial charge >= 0.3 is 12.1 Å². The number of alkyl halides is 3. The standard InChI is InChI=1S/C20H15F3N4O5S/c1-33(30,31)12-6-4-5-11(9-12)17-26-27-18(32-17)16(10-14(24)19(28)29)25-15-8-3-2-7-13(15)20(21,22)23/h2-10,24-25H,1H3,(H,28,29)/b16-10-,24-14?. The molecule has 3 N–H and O–H groups in total. The van der Waals surface area contributed by atoms with E-state index in [1.54, 1.807) is 0 Å². The molecule has 0 radical (unpaired) electrons. The molecule has 2 aromatic carbocycles. The van der Waals surface area contributed by atoms with Gasteiger partial charge in [-0.3, -0.25) is 5.41 Å². The van der Waals surface area contributed by atoms with Crippen LogP contribution in [0.25, 0.3) is 17.2 Å². The molecule has 3 rings (SSSR count). The van der Waals surface area contributed by atoms with Gasteiger partial charge in [-0.25, -0.2) is 13.2 Å². The van der Waals surface area contributed by atoms with E-state index >= 15 is 0 Å². The molecule has 33 heavy (non-hydrogen) atoms. The molecule has 0 spiro atoms. The number of benzene rings is 2. The molecule has 0 bridgehead atoms. The molecule has 0 atom stereocenters. The van der Waals surface area contributed by atoms with E-state index in [1.165, 1.54) is 36.4 Å². The molecule has 0 unspecified atom stereocenters. The third kappa shape index (κ3) is 5.63.